The Hall–Kier alpha value is -1.22. The molecule has 116 valence electrons. The third-order valence-electron chi connectivity index (χ3n) is 5.28. The Balaban J connectivity index is 1.67. The number of nitrogens with one attached hydrogen (secondary N) is 1. The molecule has 0 saturated heterocycles. The molecule has 1 spiro atoms. The molecule has 0 aliphatic heterocycles. The fourth-order valence-corrected chi connectivity index (χ4v) is 3.88. The van der Waals surface area contributed by atoms with E-state index in [0.29, 0.717) is 24.2 Å². The second kappa shape index (κ2) is 5.88. The average molecular weight is 289 g/mol. The molecule has 2 aliphatic rings. The molecule has 1 aromatic rings. The maximum absolute atomic E-state index is 5.92. The summed E-state index contributed by atoms with van der Waals surface area (Å²) >= 11 is 0. The lowest BCUT2D eigenvalue weighted by Gasteiger charge is -2.61. The molecule has 2 saturated carbocycles. The van der Waals surface area contributed by atoms with Crippen molar-refractivity contribution in [3.63, 3.8) is 0 Å². The van der Waals surface area contributed by atoms with Crippen LogP contribution in [0.25, 0.3) is 0 Å². The number of ether oxygens (including phenoxy) is 2. The standard InChI is InChI=1S/C18H27NO2/c1-4-20-14-7-8-15(13(3)11-14)19-16-12-17(21-5-2)18(16)9-6-10-18/h7-8,11,16-17,19H,4-6,9-10,12H2,1-3H3. The summed E-state index contributed by atoms with van der Waals surface area (Å²) in [6, 6.07) is 6.91. The molecule has 0 heterocycles. The lowest BCUT2D eigenvalue weighted by Crippen LogP contribution is -2.64. The van der Waals surface area contributed by atoms with Crippen LogP contribution in [0.4, 0.5) is 5.69 Å². The normalized spacial score (nSPS) is 26.0. The predicted octanol–water partition coefficient (Wildman–Crippen LogP) is 4.15. The van der Waals surface area contributed by atoms with Crippen LogP contribution in [0.15, 0.2) is 18.2 Å². The molecule has 1 N–H and O–H groups in total. The lowest BCUT2D eigenvalue weighted by atomic mass is 9.51. The van der Waals surface area contributed by atoms with Crippen molar-refractivity contribution in [2.24, 2.45) is 5.41 Å². The highest BCUT2D eigenvalue weighted by Gasteiger charge is 2.58. The quantitative estimate of drug-likeness (QED) is 0.853. The van der Waals surface area contributed by atoms with E-state index in [9.17, 15) is 0 Å². The molecule has 2 aliphatic carbocycles. The molecule has 0 aromatic heterocycles. The van der Waals surface area contributed by atoms with Crippen LogP contribution in [0.5, 0.6) is 5.75 Å². The van der Waals surface area contributed by atoms with Crippen molar-refractivity contribution in [1.29, 1.82) is 0 Å². The minimum absolute atomic E-state index is 0.404. The van der Waals surface area contributed by atoms with Crippen molar-refractivity contribution < 1.29 is 9.47 Å². The second-order valence-electron chi connectivity index (χ2n) is 6.37. The Morgan fingerprint density at radius 3 is 2.62 bits per heavy atom. The molecular formula is C18H27NO2. The highest BCUT2D eigenvalue weighted by Crippen LogP contribution is 2.58. The molecule has 2 fully saturated rings. The van der Waals surface area contributed by atoms with Gasteiger partial charge in [0.2, 0.25) is 0 Å². The molecule has 1 aromatic carbocycles. The summed E-state index contributed by atoms with van der Waals surface area (Å²) in [7, 11) is 0. The zero-order valence-electron chi connectivity index (χ0n) is 13.4. The first kappa shape index (κ1) is 14.7. The van der Waals surface area contributed by atoms with Crippen LogP contribution in [0.1, 0.15) is 45.1 Å². The van der Waals surface area contributed by atoms with Crippen LogP contribution in [0.2, 0.25) is 0 Å². The van der Waals surface area contributed by atoms with E-state index >= 15 is 0 Å². The Morgan fingerprint density at radius 2 is 2.05 bits per heavy atom. The Morgan fingerprint density at radius 1 is 1.24 bits per heavy atom. The second-order valence-corrected chi connectivity index (χ2v) is 6.37. The summed E-state index contributed by atoms with van der Waals surface area (Å²) in [4.78, 5) is 0. The third kappa shape index (κ3) is 2.52. The highest BCUT2D eigenvalue weighted by atomic mass is 16.5. The highest BCUT2D eigenvalue weighted by molar-refractivity contribution is 5.55. The van der Waals surface area contributed by atoms with Gasteiger partial charge in [0.25, 0.3) is 0 Å². The minimum Gasteiger partial charge on any atom is -0.494 e. The van der Waals surface area contributed by atoms with Crippen LogP contribution >= 0.6 is 0 Å². The van der Waals surface area contributed by atoms with Crippen LogP contribution < -0.4 is 10.1 Å². The molecular weight excluding hydrogens is 262 g/mol. The van der Waals surface area contributed by atoms with Crippen molar-refractivity contribution in [3.8, 4) is 5.75 Å². The SMILES string of the molecule is CCOc1ccc(NC2CC(OCC)C23CCC3)c(C)c1. The first-order valence-corrected chi connectivity index (χ1v) is 8.31. The molecule has 3 heteroatoms. The van der Waals surface area contributed by atoms with Crippen LogP contribution in [0.3, 0.4) is 0 Å². The van der Waals surface area contributed by atoms with Crippen LogP contribution in [-0.4, -0.2) is 25.4 Å². The lowest BCUT2D eigenvalue weighted by molar-refractivity contribution is -0.157. The summed E-state index contributed by atoms with van der Waals surface area (Å²) in [5.74, 6) is 0.958. The Kier molecular flexibility index (Phi) is 4.12. The van der Waals surface area contributed by atoms with Crippen molar-refractivity contribution in [3.05, 3.63) is 23.8 Å². The fourth-order valence-electron chi connectivity index (χ4n) is 3.88. The van der Waals surface area contributed by atoms with E-state index in [2.05, 4.69) is 37.4 Å². The number of hydrogen-bond acceptors (Lipinski definition) is 3. The maximum Gasteiger partial charge on any atom is 0.119 e. The molecule has 3 rings (SSSR count). The first-order valence-electron chi connectivity index (χ1n) is 8.31. The van der Waals surface area contributed by atoms with Gasteiger partial charge < -0.3 is 14.8 Å². The van der Waals surface area contributed by atoms with Crippen LogP contribution in [-0.2, 0) is 4.74 Å². The van der Waals surface area contributed by atoms with Gasteiger partial charge in [0, 0.05) is 23.8 Å². The predicted molar refractivity (Wildman–Crippen MR) is 86.1 cm³/mol. The zero-order valence-corrected chi connectivity index (χ0v) is 13.4. The van der Waals surface area contributed by atoms with E-state index in [4.69, 9.17) is 9.47 Å². The van der Waals surface area contributed by atoms with Gasteiger partial charge >= 0.3 is 0 Å². The largest absolute Gasteiger partial charge is 0.494 e. The summed E-state index contributed by atoms with van der Waals surface area (Å²) in [6.07, 6.45) is 5.58. The maximum atomic E-state index is 5.92. The van der Waals surface area contributed by atoms with Gasteiger partial charge in [-0.25, -0.2) is 0 Å². The van der Waals surface area contributed by atoms with Crippen molar-refractivity contribution in [2.75, 3.05) is 18.5 Å². The zero-order chi connectivity index (χ0) is 14.9. The van der Waals surface area contributed by atoms with Gasteiger partial charge in [0.05, 0.1) is 12.7 Å². The summed E-state index contributed by atoms with van der Waals surface area (Å²) in [6.45, 7) is 7.82. The molecule has 21 heavy (non-hydrogen) atoms. The number of benzene rings is 1. The van der Waals surface area contributed by atoms with E-state index in [1.54, 1.807) is 0 Å². The third-order valence-corrected chi connectivity index (χ3v) is 5.28. The minimum atomic E-state index is 0.404. The van der Waals surface area contributed by atoms with E-state index in [0.717, 1.165) is 18.8 Å². The molecule has 3 nitrogen and oxygen atoms in total. The molecule has 2 atom stereocenters. The van der Waals surface area contributed by atoms with Gasteiger partial charge in [-0.05, 0) is 63.8 Å². The number of anilines is 1. The molecule has 2 unspecified atom stereocenters. The average Bonchev–Trinajstić information content (AvgIpc) is 2.38. The topological polar surface area (TPSA) is 30.5 Å². The fraction of sp³-hybridized carbons (Fsp3) is 0.667. The molecule has 0 radical (unpaired) electrons. The van der Waals surface area contributed by atoms with E-state index in [-0.39, 0.29) is 0 Å². The van der Waals surface area contributed by atoms with Crippen LogP contribution in [0, 0.1) is 12.3 Å². The number of rotatable bonds is 6. The van der Waals surface area contributed by atoms with Gasteiger partial charge in [-0.3, -0.25) is 0 Å². The van der Waals surface area contributed by atoms with Gasteiger partial charge in [0.1, 0.15) is 5.75 Å². The van der Waals surface area contributed by atoms with E-state index < -0.39 is 0 Å². The Bertz CT molecular complexity index is 496. The summed E-state index contributed by atoms with van der Waals surface area (Å²) in [5.41, 5.74) is 2.90. The van der Waals surface area contributed by atoms with E-state index in [1.165, 1.54) is 30.5 Å². The molecule has 0 bridgehead atoms. The Labute approximate surface area is 128 Å². The monoisotopic (exact) mass is 289 g/mol. The first-order chi connectivity index (χ1) is 10.2. The number of aryl methyl sites for hydroxylation is 1. The summed E-state index contributed by atoms with van der Waals surface area (Å²) < 4.78 is 11.5. The van der Waals surface area contributed by atoms with Gasteiger partial charge in [-0.15, -0.1) is 0 Å². The van der Waals surface area contributed by atoms with Gasteiger partial charge in [0.15, 0.2) is 0 Å². The van der Waals surface area contributed by atoms with Crippen molar-refractivity contribution >= 4 is 5.69 Å². The van der Waals surface area contributed by atoms with E-state index in [1.807, 2.05) is 6.92 Å². The van der Waals surface area contributed by atoms with Gasteiger partial charge in [-0.1, -0.05) is 6.42 Å². The summed E-state index contributed by atoms with van der Waals surface area (Å²) in [5, 5.41) is 3.76. The number of hydrogen-bond donors (Lipinski definition) is 1. The van der Waals surface area contributed by atoms with Crippen molar-refractivity contribution in [2.45, 2.75) is 58.6 Å². The molecule has 0 amide bonds. The smallest absolute Gasteiger partial charge is 0.119 e. The van der Waals surface area contributed by atoms with Gasteiger partial charge in [-0.2, -0.15) is 0 Å². The van der Waals surface area contributed by atoms with Crippen molar-refractivity contribution in [1.82, 2.24) is 0 Å².